The number of alkyl halides is 3. The summed E-state index contributed by atoms with van der Waals surface area (Å²) < 4.78 is 67.3. The van der Waals surface area contributed by atoms with Gasteiger partial charge in [0.1, 0.15) is 36.7 Å². The highest BCUT2D eigenvalue weighted by molar-refractivity contribution is 6.02. The fourth-order valence-electron chi connectivity index (χ4n) is 9.20. The molecule has 4 fully saturated rings. The van der Waals surface area contributed by atoms with Gasteiger partial charge in [0.15, 0.2) is 30.1 Å². The van der Waals surface area contributed by atoms with Gasteiger partial charge in [-0.05, 0) is 49.7 Å². The number of carbonyl (C=O) groups excluding carboxylic acids is 7. The average Bonchev–Trinajstić information content (AvgIpc) is 3.30. The van der Waals surface area contributed by atoms with Crippen molar-refractivity contribution in [1.82, 2.24) is 5.32 Å². The molecule has 3 saturated carbocycles. The summed E-state index contributed by atoms with van der Waals surface area (Å²) in [5, 5.41) is 13.7. The SMILES string of the molecule is CC(=O)OCC1O[C@@H](OCC(=O)[C@@]2(O)CCC3C4CCC5=CC(=O)C=C[C@]5(C)C4C(=O)C[C@@]32C)C(NC(=O)C(F)(F)F)[C@@H](OC(C)=O)[C@H]1OC(C)=O. The van der Waals surface area contributed by atoms with Crippen molar-refractivity contribution < 1.29 is 75.5 Å². The maximum absolute atomic E-state index is 14.0. The third-order valence-electron chi connectivity index (χ3n) is 11.5. The van der Waals surface area contributed by atoms with Gasteiger partial charge >= 0.3 is 30.0 Å². The number of carbonyl (C=O) groups is 7. The van der Waals surface area contributed by atoms with Crippen LogP contribution in [-0.4, -0.2) is 102 Å². The molecule has 0 spiro atoms. The van der Waals surface area contributed by atoms with E-state index in [-0.39, 0.29) is 36.2 Å². The molecule has 0 aromatic carbocycles. The van der Waals surface area contributed by atoms with E-state index in [0.29, 0.717) is 19.3 Å². The minimum atomic E-state index is -5.45. The number of allylic oxidation sites excluding steroid dienone is 4. The van der Waals surface area contributed by atoms with E-state index in [1.165, 1.54) is 6.08 Å². The molecule has 5 aliphatic rings. The van der Waals surface area contributed by atoms with Gasteiger partial charge in [0, 0.05) is 43.9 Å². The molecule has 1 heterocycles. The molecule has 0 aromatic heterocycles. The van der Waals surface area contributed by atoms with Crippen LogP contribution in [0.15, 0.2) is 23.8 Å². The highest BCUT2D eigenvalue weighted by Crippen LogP contribution is 2.66. The number of hydrogen-bond donors (Lipinski definition) is 2. The van der Waals surface area contributed by atoms with Crippen LogP contribution in [0.2, 0.25) is 0 Å². The molecule has 5 unspecified atom stereocenters. The summed E-state index contributed by atoms with van der Waals surface area (Å²) in [6, 6.07) is -2.04. The van der Waals surface area contributed by atoms with Crippen molar-refractivity contribution in [2.24, 2.45) is 28.6 Å². The van der Waals surface area contributed by atoms with Gasteiger partial charge in [-0.2, -0.15) is 13.2 Å². The summed E-state index contributed by atoms with van der Waals surface area (Å²) >= 11 is 0. The maximum Gasteiger partial charge on any atom is 0.471 e. The Morgan fingerprint density at radius 2 is 1.65 bits per heavy atom. The number of ether oxygens (including phenoxy) is 5. The molecule has 0 bridgehead atoms. The van der Waals surface area contributed by atoms with Gasteiger partial charge < -0.3 is 34.1 Å². The van der Waals surface area contributed by atoms with Crippen molar-refractivity contribution in [2.75, 3.05) is 13.2 Å². The van der Waals surface area contributed by atoms with E-state index in [1.807, 2.05) is 6.92 Å². The molecule has 17 heteroatoms. The van der Waals surface area contributed by atoms with Crippen LogP contribution < -0.4 is 5.32 Å². The van der Waals surface area contributed by atoms with Crippen molar-refractivity contribution >= 4 is 41.2 Å². The molecule has 11 atom stereocenters. The Balaban J connectivity index is 1.42. The number of halogens is 3. The van der Waals surface area contributed by atoms with Crippen LogP contribution in [0, 0.1) is 28.6 Å². The van der Waals surface area contributed by atoms with Crippen LogP contribution in [0.1, 0.15) is 66.7 Å². The van der Waals surface area contributed by atoms with E-state index < -0.39 is 102 Å². The highest BCUT2D eigenvalue weighted by atomic mass is 19.4. The van der Waals surface area contributed by atoms with Crippen molar-refractivity contribution in [3.05, 3.63) is 23.8 Å². The fourth-order valence-corrected chi connectivity index (χ4v) is 9.20. The molecular weight excluding hydrogens is 699 g/mol. The van der Waals surface area contributed by atoms with Gasteiger partial charge in [0.2, 0.25) is 0 Å². The highest BCUT2D eigenvalue weighted by Gasteiger charge is 2.68. The van der Waals surface area contributed by atoms with Crippen LogP contribution >= 0.6 is 0 Å². The Bertz CT molecular complexity index is 1610. The van der Waals surface area contributed by atoms with E-state index in [9.17, 15) is 51.8 Å². The molecule has 0 aromatic rings. The van der Waals surface area contributed by atoms with Crippen molar-refractivity contribution in [3.8, 4) is 0 Å². The summed E-state index contributed by atoms with van der Waals surface area (Å²) in [6.45, 7) is 4.79. The molecule has 52 heavy (non-hydrogen) atoms. The van der Waals surface area contributed by atoms with Crippen molar-refractivity contribution in [1.29, 1.82) is 0 Å². The molecule has 14 nitrogen and oxygen atoms in total. The number of fused-ring (bicyclic) bond motifs is 5. The van der Waals surface area contributed by atoms with Crippen LogP contribution in [0.25, 0.3) is 0 Å². The summed E-state index contributed by atoms with van der Waals surface area (Å²) in [7, 11) is 0. The van der Waals surface area contributed by atoms with Gasteiger partial charge in [0.25, 0.3) is 0 Å². The summed E-state index contributed by atoms with van der Waals surface area (Å²) in [5.41, 5.74) is -3.21. The molecule has 286 valence electrons. The Labute approximate surface area is 296 Å². The third-order valence-corrected chi connectivity index (χ3v) is 11.5. The number of aliphatic hydroxyl groups is 1. The van der Waals surface area contributed by atoms with E-state index in [1.54, 1.807) is 24.4 Å². The normalized spacial score (nSPS) is 38.2. The molecular formula is C35H42F3NO13. The topological polar surface area (TPSA) is 198 Å². The molecule has 1 saturated heterocycles. The lowest BCUT2D eigenvalue weighted by molar-refractivity contribution is -0.278. The number of esters is 3. The first-order valence-electron chi connectivity index (χ1n) is 17.0. The number of hydrogen-bond acceptors (Lipinski definition) is 13. The number of rotatable bonds is 9. The van der Waals surface area contributed by atoms with Gasteiger partial charge in [0.05, 0.1) is 0 Å². The minimum Gasteiger partial charge on any atom is -0.463 e. The van der Waals surface area contributed by atoms with Crippen molar-refractivity contribution in [2.45, 2.75) is 109 Å². The number of amides is 1. The fraction of sp³-hybridized carbons (Fsp3) is 0.686. The first-order chi connectivity index (χ1) is 24.1. The monoisotopic (exact) mass is 741 g/mol. The second kappa shape index (κ2) is 14.1. The van der Waals surface area contributed by atoms with Crippen LogP contribution in [-0.2, 0) is 57.2 Å². The molecule has 2 N–H and O–H groups in total. The second-order valence-corrected chi connectivity index (χ2v) is 14.7. The maximum atomic E-state index is 14.0. The van der Waals surface area contributed by atoms with Gasteiger partial charge in [-0.25, -0.2) is 0 Å². The van der Waals surface area contributed by atoms with Gasteiger partial charge in [-0.15, -0.1) is 0 Å². The van der Waals surface area contributed by atoms with E-state index in [2.05, 4.69) is 0 Å². The minimum absolute atomic E-state index is 0.0555. The zero-order chi connectivity index (χ0) is 38.6. The van der Waals surface area contributed by atoms with E-state index >= 15 is 0 Å². The number of Topliss-reactive ketones (excluding diaryl/α,β-unsaturated/α-hetero) is 2. The lowest BCUT2D eigenvalue weighted by Crippen LogP contribution is -2.68. The summed E-state index contributed by atoms with van der Waals surface area (Å²) in [6.07, 6.45) is -6.56. The first kappa shape index (κ1) is 39.3. The van der Waals surface area contributed by atoms with E-state index in [4.69, 9.17) is 23.7 Å². The standard InChI is InChI=1S/C35H42F3NO13/c1-16(40)48-14-24-28(50-17(2)41)29(51-18(3)42)27(39-31(46)35(36,37)38)30(52-24)49-15-25(45)34(47)11-9-22-21-7-6-19-12-20(43)8-10-32(19,4)26(21)23(44)13-33(22,34)5/h8,10,12,21-22,24,26-30,47H,6-7,9,11,13-15H2,1-5H3,(H,39,46)/t21?,22?,24?,26?,27?,28-,29+,30+,32-,33-,34-/m0/s1. The molecule has 0 radical (unpaired) electrons. The van der Waals surface area contributed by atoms with Crippen LogP contribution in [0.5, 0.6) is 0 Å². The predicted molar refractivity (Wildman–Crippen MR) is 167 cm³/mol. The lowest BCUT2D eigenvalue weighted by Gasteiger charge is -2.56. The van der Waals surface area contributed by atoms with Crippen LogP contribution in [0.3, 0.4) is 0 Å². The Kier molecular flexibility index (Phi) is 10.7. The van der Waals surface area contributed by atoms with Crippen LogP contribution in [0.4, 0.5) is 13.2 Å². The largest absolute Gasteiger partial charge is 0.471 e. The lowest BCUT2D eigenvalue weighted by atomic mass is 9.46. The first-order valence-corrected chi connectivity index (χ1v) is 17.0. The van der Waals surface area contributed by atoms with Gasteiger partial charge in [-0.1, -0.05) is 25.5 Å². The Hall–Kier alpha value is -3.96. The van der Waals surface area contributed by atoms with Crippen molar-refractivity contribution in [3.63, 3.8) is 0 Å². The Morgan fingerprint density at radius 3 is 2.27 bits per heavy atom. The number of nitrogens with one attached hydrogen (secondary N) is 1. The molecule has 1 aliphatic heterocycles. The quantitative estimate of drug-likeness (QED) is 0.257. The van der Waals surface area contributed by atoms with E-state index in [0.717, 1.165) is 26.3 Å². The average molecular weight is 742 g/mol. The second-order valence-electron chi connectivity index (χ2n) is 14.7. The Morgan fingerprint density at radius 1 is 1.00 bits per heavy atom. The van der Waals surface area contributed by atoms with Gasteiger partial charge in [-0.3, -0.25) is 33.6 Å². The third kappa shape index (κ3) is 7.06. The number of ketones is 3. The predicted octanol–water partition coefficient (Wildman–Crippen LogP) is 1.99. The zero-order valence-electron chi connectivity index (χ0n) is 29.3. The molecule has 4 aliphatic carbocycles. The summed E-state index contributed by atoms with van der Waals surface area (Å²) in [4.78, 5) is 88.1. The molecule has 5 rings (SSSR count). The smallest absolute Gasteiger partial charge is 0.463 e. The molecule has 1 amide bonds. The zero-order valence-corrected chi connectivity index (χ0v) is 29.3. The summed E-state index contributed by atoms with van der Waals surface area (Å²) in [5.74, 6) is -7.61.